The number of hydrogen-bond donors (Lipinski definition) is 0. The van der Waals surface area contributed by atoms with Crippen LogP contribution >= 0.6 is 27.5 Å². The van der Waals surface area contributed by atoms with Gasteiger partial charge in [-0.2, -0.15) is 0 Å². The van der Waals surface area contributed by atoms with Gasteiger partial charge in [0.15, 0.2) is 5.78 Å². The fourth-order valence-corrected chi connectivity index (χ4v) is 2.24. The van der Waals surface area contributed by atoms with Gasteiger partial charge in [0, 0.05) is 10.0 Å². The maximum atomic E-state index is 12.3. The molecule has 2 rings (SSSR count). The normalized spacial score (nSPS) is 10.6. The van der Waals surface area contributed by atoms with Gasteiger partial charge in [-0.15, -0.1) is 0 Å². The monoisotopic (exact) mass is 312 g/mol. The summed E-state index contributed by atoms with van der Waals surface area (Å²) in [6, 6.07) is 6.94. The smallest absolute Gasteiger partial charge is 0.198 e. The van der Waals surface area contributed by atoms with E-state index in [0.29, 0.717) is 21.9 Å². The van der Waals surface area contributed by atoms with Crippen molar-refractivity contribution in [2.75, 3.05) is 0 Å². The number of hydrogen-bond acceptors (Lipinski definition) is 2. The van der Waals surface area contributed by atoms with E-state index in [-0.39, 0.29) is 5.78 Å². The van der Waals surface area contributed by atoms with E-state index in [1.165, 1.54) is 0 Å². The van der Waals surface area contributed by atoms with Gasteiger partial charge in [0.05, 0.1) is 10.6 Å². The summed E-state index contributed by atoms with van der Waals surface area (Å²) >= 11 is 9.35. The zero-order valence-electron chi connectivity index (χ0n) is 9.38. The number of rotatable bonds is 2. The molecule has 1 heterocycles. The molecular weight excluding hydrogens is 303 g/mol. The molecule has 0 atom stereocenters. The molecule has 1 aromatic carbocycles. The predicted octanol–water partition coefficient (Wildman–Crippen LogP) is 4.54. The molecule has 2 nitrogen and oxygen atoms in total. The van der Waals surface area contributed by atoms with E-state index in [0.717, 1.165) is 10.2 Å². The Morgan fingerprint density at radius 2 is 1.94 bits per heavy atom. The van der Waals surface area contributed by atoms with Crippen LogP contribution in [-0.2, 0) is 0 Å². The summed E-state index contributed by atoms with van der Waals surface area (Å²) < 4.78 is 6.17. The van der Waals surface area contributed by atoms with Crippen molar-refractivity contribution in [1.29, 1.82) is 0 Å². The van der Waals surface area contributed by atoms with Gasteiger partial charge in [-0.25, -0.2) is 0 Å². The Kier molecular flexibility index (Phi) is 3.40. The molecule has 0 unspecified atom stereocenters. The van der Waals surface area contributed by atoms with Gasteiger partial charge in [0.25, 0.3) is 0 Å². The van der Waals surface area contributed by atoms with Crippen molar-refractivity contribution in [2.45, 2.75) is 13.8 Å². The van der Waals surface area contributed by atoms with Crippen LogP contribution in [0.15, 0.2) is 33.2 Å². The minimum Gasteiger partial charge on any atom is -0.466 e. The molecule has 1 aromatic heterocycles. The van der Waals surface area contributed by atoms with Crippen LogP contribution in [-0.4, -0.2) is 5.78 Å². The maximum Gasteiger partial charge on any atom is 0.198 e. The van der Waals surface area contributed by atoms with Crippen molar-refractivity contribution < 1.29 is 9.21 Å². The number of aryl methyl sites for hydroxylation is 2. The number of carbonyl (C=O) groups is 1. The van der Waals surface area contributed by atoms with E-state index in [2.05, 4.69) is 15.9 Å². The fourth-order valence-electron chi connectivity index (χ4n) is 1.67. The van der Waals surface area contributed by atoms with Crippen LogP contribution in [0.2, 0.25) is 5.02 Å². The zero-order valence-corrected chi connectivity index (χ0v) is 11.7. The number of halogens is 2. The fraction of sp³-hybridized carbons (Fsp3) is 0.154. The zero-order chi connectivity index (χ0) is 12.6. The SMILES string of the molecule is Cc1cc(C(=O)c2cc(Br)ccc2Cl)c(C)o1. The standard InChI is InChI=1S/C13H10BrClO2/c1-7-5-10(8(2)17-7)13(16)11-6-9(14)3-4-12(11)15/h3-6H,1-2H3. The average Bonchev–Trinajstić information content (AvgIpc) is 2.60. The molecule has 88 valence electrons. The molecule has 0 N–H and O–H groups in total. The number of benzene rings is 1. The van der Waals surface area contributed by atoms with Crippen LogP contribution in [0.4, 0.5) is 0 Å². The van der Waals surface area contributed by atoms with Crippen LogP contribution < -0.4 is 0 Å². The highest BCUT2D eigenvalue weighted by Gasteiger charge is 2.18. The molecule has 0 aliphatic carbocycles. The van der Waals surface area contributed by atoms with Crippen molar-refractivity contribution in [2.24, 2.45) is 0 Å². The largest absolute Gasteiger partial charge is 0.466 e. The van der Waals surface area contributed by atoms with Crippen LogP contribution in [0, 0.1) is 13.8 Å². The van der Waals surface area contributed by atoms with Gasteiger partial charge in [0.2, 0.25) is 0 Å². The lowest BCUT2D eigenvalue weighted by atomic mass is 10.0. The van der Waals surface area contributed by atoms with Crippen molar-refractivity contribution in [3.05, 3.63) is 56.4 Å². The van der Waals surface area contributed by atoms with Crippen LogP contribution in [0.25, 0.3) is 0 Å². The lowest BCUT2D eigenvalue weighted by molar-refractivity contribution is 0.103. The third kappa shape index (κ3) is 2.45. The summed E-state index contributed by atoms with van der Waals surface area (Å²) in [6.07, 6.45) is 0. The maximum absolute atomic E-state index is 12.3. The second-order valence-electron chi connectivity index (χ2n) is 3.78. The number of furan rings is 1. The van der Waals surface area contributed by atoms with Crippen molar-refractivity contribution in [3.8, 4) is 0 Å². The first-order valence-corrected chi connectivity index (χ1v) is 6.23. The average molecular weight is 314 g/mol. The van der Waals surface area contributed by atoms with Crippen LogP contribution in [0.1, 0.15) is 27.4 Å². The second-order valence-corrected chi connectivity index (χ2v) is 5.10. The number of ketones is 1. The van der Waals surface area contributed by atoms with Crippen molar-refractivity contribution in [1.82, 2.24) is 0 Å². The highest BCUT2D eigenvalue weighted by molar-refractivity contribution is 9.10. The Hall–Kier alpha value is -1.06. The summed E-state index contributed by atoms with van der Waals surface area (Å²) in [4.78, 5) is 12.3. The molecule has 0 fully saturated rings. The van der Waals surface area contributed by atoms with Crippen LogP contribution in [0.5, 0.6) is 0 Å². The third-order valence-electron chi connectivity index (χ3n) is 2.46. The predicted molar refractivity (Wildman–Crippen MR) is 70.8 cm³/mol. The topological polar surface area (TPSA) is 30.2 Å². The van der Waals surface area contributed by atoms with Crippen molar-refractivity contribution in [3.63, 3.8) is 0 Å². The molecule has 0 aliphatic rings. The first-order valence-electron chi connectivity index (χ1n) is 5.06. The summed E-state index contributed by atoms with van der Waals surface area (Å²) in [5.41, 5.74) is 1.03. The van der Waals surface area contributed by atoms with E-state index in [4.69, 9.17) is 16.0 Å². The first kappa shape index (κ1) is 12.4. The summed E-state index contributed by atoms with van der Waals surface area (Å²) in [5.74, 6) is 1.21. The molecule has 0 saturated carbocycles. The Balaban J connectivity index is 2.50. The van der Waals surface area contributed by atoms with Gasteiger partial charge in [0.1, 0.15) is 11.5 Å². The molecule has 0 bridgehead atoms. The molecule has 0 radical (unpaired) electrons. The summed E-state index contributed by atoms with van der Waals surface area (Å²) in [5, 5.41) is 0.441. The van der Waals surface area contributed by atoms with Crippen molar-refractivity contribution >= 4 is 33.3 Å². The Morgan fingerprint density at radius 3 is 2.53 bits per heavy atom. The number of carbonyl (C=O) groups excluding carboxylic acids is 1. The summed E-state index contributed by atoms with van der Waals surface area (Å²) in [6.45, 7) is 3.58. The van der Waals surface area contributed by atoms with E-state index in [1.807, 2.05) is 6.92 Å². The Labute approximate surface area is 113 Å². The molecule has 4 heteroatoms. The Morgan fingerprint density at radius 1 is 1.24 bits per heavy atom. The highest BCUT2D eigenvalue weighted by Crippen LogP contribution is 2.25. The lowest BCUT2D eigenvalue weighted by Gasteiger charge is -2.03. The Bertz CT molecular complexity index is 587. The molecular formula is C13H10BrClO2. The molecule has 0 spiro atoms. The third-order valence-corrected chi connectivity index (χ3v) is 3.28. The quantitative estimate of drug-likeness (QED) is 0.762. The molecule has 0 saturated heterocycles. The van der Waals surface area contributed by atoms with Crippen LogP contribution in [0.3, 0.4) is 0 Å². The molecule has 0 aliphatic heterocycles. The highest BCUT2D eigenvalue weighted by atomic mass is 79.9. The van der Waals surface area contributed by atoms with E-state index < -0.39 is 0 Å². The van der Waals surface area contributed by atoms with E-state index >= 15 is 0 Å². The van der Waals surface area contributed by atoms with E-state index in [9.17, 15) is 4.79 Å². The molecule has 0 amide bonds. The molecule has 2 aromatic rings. The van der Waals surface area contributed by atoms with Gasteiger partial charge >= 0.3 is 0 Å². The second kappa shape index (κ2) is 4.67. The van der Waals surface area contributed by atoms with Gasteiger partial charge < -0.3 is 4.42 Å². The van der Waals surface area contributed by atoms with Gasteiger partial charge in [-0.05, 0) is 38.1 Å². The minimum absolute atomic E-state index is 0.120. The van der Waals surface area contributed by atoms with Gasteiger partial charge in [-0.3, -0.25) is 4.79 Å². The minimum atomic E-state index is -0.120. The molecule has 17 heavy (non-hydrogen) atoms. The van der Waals surface area contributed by atoms with E-state index in [1.54, 1.807) is 31.2 Å². The van der Waals surface area contributed by atoms with Gasteiger partial charge in [-0.1, -0.05) is 27.5 Å². The summed E-state index contributed by atoms with van der Waals surface area (Å²) in [7, 11) is 0. The first-order chi connectivity index (χ1) is 7.99. The lowest BCUT2D eigenvalue weighted by Crippen LogP contribution is -2.02.